The number of carbonyl (C=O) groups excluding carboxylic acids is 2. The smallest absolute Gasteiger partial charge is 0.410 e. The molecule has 35 heavy (non-hydrogen) atoms. The van der Waals surface area contributed by atoms with Gasteiger partial charge < -0.3 is 19.6 Å². The van der Waals surface area contributed by atoms with E-state index in [9.17, 15) is 14.4 Å². The topological polar surface area (TPSA) is 87.2 Å². The van der Waals surface area contributed by atoms with Crippen LogP contribution in [0.25, 0.3) is 0 Å². The Morgan fingerprint density at radius 1 is 0.914 bits per heavy atom. The van der Waals surface area contributed by atoms with Crippen molar-refractivity contribution in [3.05, 3.63) is 35.4 Å². The van der Waals surface area contributed by atoms with Crippen LogP contribution in [0.2, 0.25) is 0 Å². The van der Waals surface area contributed by atoms with Crippen molar-refractivity contribution in [2.75, 3.05) is 19.6 Å². The molecule has 1 N–H and O–H groups in total. The van der Waals surface area contributed by atoms with Crippen LogP contribution in [0.5, 0.6) is 0 Å². The lowest BCUT2D eigenvalue weighted by atomic mass is 9.55. The van der Waals surface area contributed by atoms with Crippen LogP contribution in [0, 0.1) is 23.7 Å². The first-order valence-electron chi connectivity index (χ1n) is 13.4. The van der Waals surface area contributed by atoms with Crippen molar-refractivity contribution >= 4 is 18.0 Å². The zero-order valence-corrected chi connectivity index (χ0v) is 20.4. The Bertz CT molecular complexity index is 986. The summed E-state index contributed by atoms with van der Waals surface area (Å²) in [5, 5.41) is 9.01. The molecule has 188 valence electrons. The molecule has 4 saturated carbocycles. The Labute approximate surface area is 206 Å². The van der Waals surface area contributed by atoms with Gasteiger partial charge in [0.25, 0.3) is 0 Å². The van der Waals surface area contributed by atoms with Gasteiger partial charge in [0.1, 0.15) is 6.10 Å². The average Bonchev–Trinajstić information content (AvgIpc) is 2.84. The number of hydrogen-bond donors (Lipinski definition) is 1. The van der Waals surface area contributed by atoms with E-state index in [2.05, 4.69) is 18.2 Å². The molecule has 1 spiro atoms. The number of carboxylic acid groups (broad SMARTS) is 1. The van der Waals surface area contributed by atoms with Crippen LogP contribution in [-0.4, -0.2) is 58.6 Å². The van der Waals surface area contributed by atoms with E-state index in [0.29, 0.717) is 38.0 Å². The van der Waals surface area contributed by atoms with Gasteiger partial charge in [-0.1, -0.05) is 24.3 Å². The molecule has 0 unspecified atom stereocenters. The third-order valence-electron chi connectivity index (χ3n) is 9.70. The summed E-state index contributed by atoms with van der Waals surface area (Å²) in [6.45, 7) is 2.35. The van der Waals surface area contributed by atoms with Crippen LogP contribution in [0.1, 0.15) is 68.9 Å². The van der Waals surface area contributed by atoms with E-state index in [1.165, 1.54) is 37.7 Å². The summed E-state index contributed by atoms with van der Waals surface area (Å²) in [5.41, 5.74) is 2.20. The molecule has 1 aromatic rings. The largest absolute Gasteiger partial charge is 0.481 e. The summed E-state index contributed by atoms with van der Waals surface area (Å²) in [4.78, 5) is 40.7. The van der Waals surface area contributed by atoms with Gasteiger partial charge in [0.15, 0.2) is 0 Å². The number of ether oxygens (including phenoxy) is 1. The second-order valence-corrected chi connectivity index (χ2v) is 11.8. The van der Waals surface area contributed by atoms with Gasteiger partial charge in [-0.05, 0) is 79.7 Å². The summed E-state index contributed by atoms with van der Waals surface area (Å²) in [7, 11) is 0. The monoisotopic (exact) mass is 480 g/mol. The maximum Gasteiger partial charge on any atom is 0.410 e. The van der Waals surface area contributed by atoms with Gasteiger partial charge in [0.2, 0.25) is 5.91 Å². The van der Waals surface area contributed by atoms with Crippen molar-refractivity contribution in [2.45, 2.75) is 75.9 Å². The average molecular weight is 481 g/mol. The van der Waals surface area contributed by atoms with E-state index in [0.717, 1.165) is 30.2 Å². The molecule has 7 nitrogen and oxygen atoms in total. The third kappa shape index (κ3) is 4.21. The van der Waals surface area contributed by atoms with Gasteiger partial charge in [-0.15, -0.1) is 0 Å². The molecule has 4 aliphatic carbocycles. The lowest BCUT2D eigenvalue weighted by molar-refractivity contribution is -0.141. The van der Waals surface area contributed by atoms with Crippen molar-refractivity contribution in [3.63, 3.8) is 0 Å². The van der Waals surface area contributed by atoms with Crippen molar-refractivity contribution in [2.24, 2.45) is 23.7 Å². The zero-order valence-electron chi connectivity index (χ0n) is 20.4. The summed E-state index contributed by atoms with van der Waals surface area (Å²) in [6.07, 6.45) is 7.71. The summed E-state index contributed by atoms with van der Waals surface area (Å²) < 4.78 is 6.19. The second kappa shape index (κ2) is 8.82. The van der Waals surface area contributed by atoms with Gasteiger partial charge in [0, 0.05) is 38.0 Å². The molecule has 4 bridgehead atoms. The minimum absolute atomic E-state index is 0.0253. The Kier molecular flexibility index (Phi) is 5.76. The Morgan fingerprint density at radius 3 is 2.23 bits per heavy atom. The highest BCUT2D eigenvalue weighted by Crippen LogP contribution is 2.54. The molecule has 7 heteroatoms. The van der Waals surface area contributed by atoms with Crippen molar-refractivity contribution in [1.82, 2.24) is 9.80 Å². The molecule has 7 rings (SSSR count). The number of rotatable bonds is 4. The molecule has 0 atom stereocenters. The highest BCUT2D eigenvalue weighted by atomic mass is 16.6. The highest BCUT2D eigenvalue weighted by molar-refractivity contribution is 5.81. The SMILES string of the molecule is O=C(O)CCC(=O)N1Cc2ccccc2C2(CCN(C(=O)OC3C4CC5CC(C4)CC3C5)CC2)C1. The van der Waals surface area contributed by atoms with Gasteiger partial charge in [-0.3, -0.25) is 9.59 Å². The minimum atomic E-state index is -0.948. The molecule has 2 amide bonds. The first-order chi connectivity index (χ1) is 16.9. The van der Waals surface area contributed by atoms with E-state index in [1.807, 2.05) is 15.9 Å². The van der Waals surface area contributed by atoms with Crippen molar-refractivity contribution < 1.29 is 24.2 Å². The molecule has 6 aliphatic rings. The number of benzene rings is 1. The van der Waals surface area contributed by atoms with E-state index < -0.39 is 5.97 Å². The number of fused-ring (bicyclic) bond motifs is 2. The van der Waals surface area contributed by atoms with E-state index in [1.54, 1.807) is 0 Å². The van der Waals surface area contributed by atoms with E-state index in [-0.39, 0.29) is 36.4 Å². The third-order valence-corrected chi connectivity index (χ3v) is 9.70. The molecule has 1 saturated heterocycles. The molecule has 0 aromatic heterocycles. The van der Waals surface area contributed by atoms with Crippen LogP contribution in [0.15, 0.2) is 24.3 Å². The van der Waals surface area contributed by atoms with Crippen LogP contribution in [0.3, 0.4) is 0 Å². The van der Waals surface area contributed by atoms with Gasteiger partial charge >= 0.3 is 12.1 Å². The molecule has 5 fully saturated rings. The maximum absolute atomic E-state index is 13.2. The number of nitrogens with zero attached hydrogens (tertiary/aromatic N) is 2. The minimum Gasteiger partial charge on any atom is -0.481 e. The number of carbonyl (C=O) groups is 3. The van der Waals surface area contributed by atoms with Crippen molar-refractivity contribution in [3.8, 4) is 0 Å². The highest BCUT2D eigenvalue weighted by Gasteiger charge is 2.51. The second-order valence-electron chi connectivity index (χ2n) is 11.8. The number of piperidine rings is 1. The molecule has 2 heterocycles. The number of hydrogen-bond acceptors (Lipinski definition) is 4. The number of aliphatic carboxylic acids is 1. The van der Waals surface area contributed by atoms with E-state index in [4.69, 9.17) is 9.84 Å². The number of carboxylic acids is 1. The Morgan fingerprint density at radius 2 is 1.57 bits per heavy atom. The fourth-order valence-electron chi connectivity index (χ4n) is 8.24. The summed E-state index contributed by atoms with van der Waals surface area (Å²) in [6, 6.07) is 8.28. The predicted octanol–water partition coefficient (Wildman–Crippen LogP) is 4.19. The van der Waals surface area contributed by atoms with E-state index >= 15 is 0 Å². The first-order valence-corrected chi connectivity index (χ1v) is 13.4. The summed E-state index contributed by atoms with van der Waals surface area (Å²) in [5.74, 6) is 1.77. The molecular formula is C28H36N2O5. The Hall–Kier alpha value is -2.57. The van der Waals surface area contributed by atoms with Crippen LogP contribution >= 0.6 is 0 Å². The fraction of sp³-hybridized carbons (Fsp3) is 0.679. The predicted molar refractivity (Wildman–Crippen MR) is 129 cm³/mol. The zero-order chi connectivity index (χ0) is 24.2. The van der Waals surface area contributed by atoms with Gasteiger partial charge in [0.05, 0.1) is 6.42 Å². The molecule has 0 radical (unpaired) electrons. The standard InChI is InChI=1S/C28H36N2O5/c31-24(5-6-25(32)33)30-16-20-3-1-2-4-23(20)28(17-30)7-9-29(10-8-28)27(34)35-26-21-12-18-11-19(14-21)15-22(26)13-18/h1-4,18-19,21-22,26H,5-17H2,(H,32,33). The number of amides is 2. The van der Waals surface area contributed by atoms with Gasteiger partial charge in [-0.2, -0.15) is 0 Å². The summed E-state index contributed by atoms with van der Waals surface area (Å²) >= 11 is 0. The normalized spacial score (nSPS) is 32.4. The van der Waals surface area contributed by atoms with Gasteiger partial charge in [-0.25, -0.2) is 4.79 Å². The molecular weight excluding hydrogens is 444 g/mol. The lowest BCUT2D eigenvalue weighted by Crippen LogP contribution is -2.55. The van der Waals surface area contributed by atoms with Crippen LogP contribution in [-0.2, 0) is 26.3 Å². The van der Waals surface area contributed by atoms with Crippen molar-refractivity contribution in [1.29, 1.82) is 0 Å². The number of likely N-dealkylation sites (tertiary alicyclic amines) is 1. The first kappa shape index (κ1) is 22.9. The molecule has 1 aromatic carbocycles. The quantitative estimate of drug-likeness (QED) is 0.698. The lowest BCUT2D eigenvalue weighted by Gasteiger charge is -2.54. The molecule has 2 aliphatic heterocycles. The maximum atomic E-state index is 13.2. The fourth-order valence-corrected chi connectivity index (χ4v) is 8.24. The van der Waals surface area contributed by atoms with Crippen LogP contribution in [0.4, 0.5) is 4.79 Å². The van der Waals surface area contributed by atoms with Crippen LogP contribution < -0.4 is 0 Å². The Balaban J connectivity index is 1.12.